The molecule has 1 aliphatic carbocycles. The van der Waals surface area contributed by atoms with Crippen molar-refractivity contribution in [2.75, 3.05) is 7.11 Å². The summed E-state index contributed by atoms with van der Waals surface area (Å²) in [6, 6.07) is 5.14. The summed E-state index contributed by atoms with van der Waals surface area (Å²) in [5.74, 6) is 0.0627. The van der Waals surface area contributed by atoms with Gasteiger partial charge in [0.1, 0.15) is 5.82 Å². The summed E-state index contributed by atoms with van der Waals surface area (Å²) in [5.41, 5.74) is 1.93. The number of carbonyl (C=O) groups is 1. The molecule has 1 aliphatic rings. The van der Waals surface area contributed by atoms with Crippen LogP contribution in [-0.4, -0.2) is 33.3 Å². The van der Waals surface area contributed by atoms with Crippen LogP contribution in [0.5, 0.6) is 0 Å². The fourth-order valence-corrected chi connectivity index (χ4v) is 3.05. The monoisotopic (exact) mass is 288 g/mol. The number of rotatable bonds is 5. The summed E-state index contributed by atoms with van der Waals surface area (Å²) >= 11 is 0. The Morgan fingerprint density at radius 3 is 2.76 bits per heavy atom. The Morgan fingerprint density at radius 1 is 1.48 bits per heavy atom. The molecule has 3 rings (SSSR count). The molecule has 21 heavy (non-hydrogen) atoms. The van der Waals surface area contributed by atoms with E-state index in [-0.39, 0.29) is 11.2 Å². The van der Waals surface area contributed by atoms with Crippen molar-refractivity contribution in [1.29, 1.82) is 0 Å². The molecule has 2 aromatic rings. The van der Waals surface area contributed by atoms with E-state index in [1.165, 1.54) is 6.42 Å². The second-order valence-electron chi connectivity index (χ2n) is 5.72. The Balaban J connectivity index is 2.06. The molecule has 0 radical (unpaired) electrons. The fourth-order valence-electron chi connectivity index (χ4n) is 3.05. The quantitative estimate of drug-likeness (QED) is 0.918. The average molecular weight is 288 g/mol. The van der Waals surface area contributed by atoms with Gasteiger partial charge >= 0.3 is 5.97 Å². The van der Waals surface area contributed by atoms with E-state index in [0.29, 0.717) is 0 Å². The predicted molar refractivity (Wildman–Crippen MR) is 79.7 cm³/mol. The van der Waals surface area contributed by atoms with E-state index in [9.17, 15) is 4.79 Å². The average Bonchev–Trinajstić information content (AvgIpc) is 2.79. The number of aromatic carboxylic acids is 1. The third-order valence-corrected chi connectivity index (χ3v) is 4.53. The lowest BCUT2D eigenvalue weighted by Crippen LogP contribution is -2.43. The van der Waals surface area contributed by atoms with Gasteiger partial charge in [-0.05, 0) is 37.5 Å². The predicted octanol–water partition coefficient (Wildman–Crippen LogP) is 2.87. The molecule has 0 unspecified atom stereocenters. The van der Waals surface area contributed by atoms with E-state index in [0.717, 1.165) is 42.7 Å². The van der Waals surface area contributed by atoms with E-state index in [2.05, 4.69) is 16.5 Å². The highest BCUT2D eigenvalue weighted by Gasteiger charge is 2.38. The molecule has 0 amide bonds. The van der Waals surface area contributed by atoms with Crippen molar-refractivity contribution >= 4 is 17.0 Å². The van der Waals surface area contributed by atoms with Crippen LogP contribution in [0.25, 0.3) is 11.0 Å². The maximum atomic E-state index is 11.1. The third kappa shape index (κ3) is 2.31. The van der Waals surface area contributed by atoms with E-state index in [1.807, 2.05) is 6.07 Å². The maximum Gasteiger partial charge on any atom is 0.335 e. The van der Waals surface area contributed by atoms with E-state index < -0.39 is 5.97 Å². The van der Waals surface area contributed by atoms with Crippen LogP contribution < -0.4 is 0 Å². The highest BCUT2D eigenvalue weighted by molar-refractivity contribution is 5.92. The Bertz CT molecular complexity index is 681. The van der Waals surface area contributed by atoms with Crippen molar-refractivity contribution in [3.05, 3.63) is 29.6 Å². The van der Waals surface area contributed by atoms with Crippen molar-refractivity contribution in [3.63, 3.8) is 0 Å². The maximum absolute atomic E-state index is 11.1. The van der Waals surface area contributed by atoms with E-state index >= 15 is 0 Å². The summed E-state index contributed by atoms with van der Waals surface area (Å²) in [7, 11) is 1.77. The van der Waals surface area contributed by atoms with Gasteiger partial charge in [-0.1, -0.05) is 6.92 Å². The number of aryl methyl sites for hydroxylation is 1. The number of benzene rings is 1. The Hall–Kier alpha value is -1.88. The molecule has 1 heterocycles. The zero-order valence-electron chi connectivity index (χ0n) is 12.4. The molecule has 1 N–H and O–H groups in total. The Kier molecular flexibility index (Phi) is 3.45. The molecule has 1 saturated carbocycles. The van der Waals surface area contributed by atoms with Crippen molar-refractivity contribution in [2.24, 2.45) is 0 Å². The van der Waals surface area contributed by atoms with Crippen molar-refractivity contribution in [1.82, 2.24) is 9.55 Å². The van der Waals surface area contributed by atoms with Crippen LogP contribution in [0.15, 0.2) is 18.2 Å². The molecule has 1 fully saturated rings. The second-order valence-corrected chi connectivity index (χ2v) is 5.72. The molecule has 0 aliphatic heterocycles. The molecule has 112 valence electrons. The van der Waals surface area contributed by atoms with Crippen LogP contribution in [0.3, 0.4) is 0 Å². The first-order valence-electron chi connectivity index (χ1n) is 7.36. The standard InChI is InChI=1S/C16H20N2O3/c1-3-14-17-12-9-11(15(19)20)5-6-13(12)18(14)10-16(21-2)7-4-8-16/h5-6,9H,3-4,7-8,10H2,1-2H3,(H,19,20). The van der Waals surface area contributed by atoms with Gasteiger partial charge in [-0.3, -0.25) is 0 Å². The highest BCUT2D eigenvalue weighted by atomic mass is 16.5. The molecule has 5 heteroatoms. The minimum Gasteiger partial charge on any atom is -0.478 e. The molecule has 0 spiro atoms. The number of methoxy groups -OCH3 is 1. The number of nitrogens with zero attached hydrogens (tertiary/aromatic N) is 2. The summed E-state index contributed by atoms with van der Waals surface area (Å²) in [5, 5.41) is 9.09. The van der Waals surface area contributed by atoms with Gasteiger partial charge < -0.3 is 14.4 Å². The lowest BCUT2D eigenvalue weighted by Gasteiger charge is -2.41. The first kappa shape index (κ1) is 14.1. The second kappa shape index (κ2) is 5.15. The number of imidazole rings is 1. The molecule has 0 saturated heterocycles. The van der Waals surface area contributed by atoms with Crippen LogP contribution in [0.1, 0.15) is 42.4 Å². The van der Waals surface area contributed by atoms with Crippen LogP contribution in [0.2, 0.25) is 0 Å². The number of ether oxygens (including phenoxy) is 1. The normalized spacial score (nSPS) is 16.9. The highest BCUT2D eigenvalue weighted by Crippen LogP contribution is 2.37. The van der Waals surface area contributed by atoms with Gasteiger partial charge in [-0.15, -0.1) is 0 Å². The molecule has 1 aromatic heterocycles. The number of hydrogen-bond donors (Lipinski definition) is 1. The fraction of sp³-hybridized carbons (Fsp3) is 0.500. The summed E-state index contributed by atoms with van der Waals surface area (Å²) in [4.78, 5) is 15.7. The first-order valence-corrected chi connectivity index (χ1v) is 7.36. The van der Waals surface area contributed by atoms with Crippen molar-refractivity contribution in [3.8, 4) is 0 Å². The zero-order chi connectivity index (χ0) is 15.0. The van der Waals surface area contributed by atoms with Crippen LogP contribution in [-0.2, 0) is 17.7 Å². The Morgan fingerprint density at radius 2 is 2.24 bits per heavy atom. The minimum absolute atomic E-state index is 0.0803. The lowest BCUT2D eigenvalue weighted by atomic mass is 9.80. The minimum atomic E-state index is -0.920. The Labute approximate surface area is 123 Å². The van der Waals surface area contributed by atoms with Gasteiger partial charge in [0.2, 0.25) is 0 Å². The number of aromatic nitrogens is 2. The third-order valence-electron chi connectivity index (χ3n) is 4.53. The smallest absolute Gasteiger partial charge is 0.335 e. The van der Waals surface area contributed by atoms with Gasteiger partial charge in [0.15, 0.2) is 0 Å². The molecule has 5 nitrogen and oxygen atoms in total. The van der Waals surface area contributed by atoms with Gasteiger partial charge in [0, 0.05) is 13.5 Å². The number of fused-ring (bicyclic) bond motifs is 1. The number of carboxylic acids is 1. The van der Waals surface area contributed by atoms with E-state index in [1.54, 1.807) is 19.2 Å². The summed E-state index contributed by atoms with van der Waals surface area (Å²) in [6.45, 7) is 2.85. The molecule has 1 aromatic carbocycles. The zero-order valence-corrected chi connectivity index (χ0v) is 12.4. The number of carboxylic acid groups (broad SMARTS) is 1. The van der Waals surface area contributed by atoms with Crippen LogP contribution >= 0.6 is 0 Å². The van der Waals surface area contributed by atoms with Gasteiger partial charge in [0.25, 0.3) is 0 Å². The lowest BCUT2D eigenvalue weighted by molar-refractivity contribution is -0.0832. The van der Waals surface area contributed by atoms with Crippen LogP contribution in [0, 0.1) is 0 Å². The summed E-state index contributed by atoms with van der Waals surface area (Å²) in [6.07, 6.45) is 4.15. The van der Waals surface area contributed by atoms with Crippen LogP contribution in [0.4, 0.5) is 0 Å². The van der Waals surface area contributed by atoms with Gasteiger partial charge in [0.05, 0.1) is 28.7 Å². The van der Waals surface area contributed by atoms with E-state index in [4.69, 9.17) is 9.84 Å². The first-order chi connectivity index (χ1) is 10.1. The molecular weight excluding hydrogens is 268 g/mol. The van der Waals surface area contributed by atoms with Gasteiger partial charge in [-0.2, -0.15) is 0 Å². The molecule has 0 bridgehead atoms. The molecule has 0 atom stereocenters. The summed E-state index contributed by atoms with van der Waals surface area (Å²) < 4.78 is 7.90. The van der Waals surface area contributed by atoms with Crippen molar-refractivity contribution in [2.45, 2.75) is 44.8 Å². The largest absolute Gasteiger partial charge is 0.478 e. The SMILES string of the molecule is CCc1nc2cc(C(=O)O)ccc2n1CC1(OC)CCC1. The van der Waals surface area contributed by atoms with Crippen molar-refractivity contribution < 1.29 is 14.6 Å². The number of hydrogen-bond acceptors (Lipinski definition) is 3. The van der Waals surface area contributed by atoms with Gasteiger partial charge in [-0.25, -0.2) is 9.78 Å². The topological polar surface area (TPSA) is 64.3 Å². The molecular formula is C16H20N2O3.